The Morgan fingerprint density at radius 3 is 2.40 bits per heavy atom. The van der Waals surface area contributed by atoms with Gasteiger partial charge in [-0.15, -0.1) is 0 Å². The fourth-order valence-electron chi connectivity index (χ4n) is 1.73. The van der Waals surface area contributed by atoms with Crippen molar-refractivity contribution in [1.29, 1.82) is 0 Å². The van der Waals surface area contributed by atoms with Crippen LogP contribution in [0.3, 0.4) is 0 Å². The number of carbonyl (C=O) groups excluding carboxylic acids is 2. The summed E-state index contributed by atoms with van der Waals surface area (Å²) >= 11 is 0. The van der Waals surface area contributed by atoms with Gasteiger partial charge < -0.3 is 14.4 Å². The molecule has 20 heavy (non-hydrogen) atoms. The Kier molecular flexibility index (Phi) is 6.18. The maximum Gasteiger partial charge on any atom is 0.325 e. The van der Waals surface area contributed by atoms with Gasteiger partial charge in [0.25, 0.3) is 5.91 Å². The molecule has 1 aromatic carbocycles. The highest BCUT2D eigenvalue weighted by Crippen LogP contribution is 2.12. The Morgan fingerprint density at radius 1 is 1.15 bits per heavy atom. The zero-order chi connectivity index (χ0) is 15.1. The molecule has 0 aliphatic heterocycles. The monoisotopic (exact) mass is 279 g/mol. The van der Waals surface area contributed by atoms with Gasteiger partial charge in [0.05, 0.1) is 13.7 Å². The van der Waals surface area contributed by atoms with Crippen LogP contribution in [0, 0.1) is 13.8 Å². The standard InChI is InChI=1S/C15H21NO4/c1-11-5-6-13(9-12(11)2)15(18)16(7-8-19-3)10-14(17)20-4/h5-6,9H,7-8,10H2,1-4H3. The van der Waals surface area contributed by atoms with Gasteiger partial charge in [0.2, 0.25) is 0 Å². The summed E-state index contributed by atoms with van der Waals surface area (Å²) < 4.78 is 9.59. The quantitative estimate of drug-likeness (QED) is 0.742. The van der Waals surface area contributed by atoms with E-state index in [1.807, 2.05) is 26.0 Å². The molecule has 0 spiro atoms. The first kappa shape index (κ1) is 16.2. The summed E-state index contributed by atoms with van der Waals surface area (Å²) in [7, 11) is 2.86. The summed E-state index contributed by atoms with van der Waals surface area (Å²) in [5.74, 6) is -0.645. The number of hydrogen-bond donors (Lipinski definition) is 0. The largest absolute Gasteiger partial charge is 0.468 e. The first-order valence-corrected chi connectivity index (χ1v) is 6.42. The van der Waals surface area contributed by atoms with Gasteiger partial charge in [0.1, 0.15) is 6.54 Å². The van der Waals surface area contributed by atoms with Crippen LogP contribution >= 0.6 is 0 Å². The van der Waals surface area contributed by atoms with Crippen molar-refractivity contribution in [3.63, 3.8) is 0 Å². The Labute approximate surface area is 119 Å². The minimum Gasteiger partial charge on any atom is -0.468 e. The summed E-state index contributed by atoms with van der Waals surface area (Å²) in [4.78, 5) is 25.2. The highest BCUT2D eigenvalue weighted by molar-refractivity contribution is 5.96. The molecule has 5 nitrogen and oxygen atoms in total. The Morgan fingerprint density at radius 2 is 1.85 bits per heavy atom. The molecule has 0 radical (unpaired) electrons. The lowest BCUT2D eigenvalue weighted by Crippen LogP contribution is -2.38. The topological polar surface area (TPSA) is 55.8 Å². The molecule has 0 saturated carbocycles. The fourth-order valence-corrected chi connectivity index (χ4v) is 1.73. The number of rotatable bonds is 6. The molecule has 0 atom stereocenters. The van der Waals surface area contributed by atoms with Gasteiger partial charge in [-0.2, -0.15) is 0 Å². The smallest absolute Gasteiger partial charge is 0.325 e. The molecule has 0 aliphatic carbocycles. The third-order valence-electron chi connectivity index (χ3n) is 3.15. The van der Waals surface area contributed by atoms with E-state index in [9.17, 15) is 9.59 Å². The van der Waals surface area contributed by atoms with E-state index in [0.29, 0.717) is 18.7 Å². The predicted molar refractivity (Wildman–Crippen MR) is 75.7 cm³/mol. The van der Waals surface area contributed by atoms with E-state index in [2.05, 4.69) is 4.74 Å². The van der Waals surface area contributed by atoms with Crippen LogP contribution in [0.15, 0.2) is 18.2 Å². The van der Waals surface area contributed by atoms with Gasteiger partial charge in [-0.05, 0) is 37.1 Å². The molecule has 0 aromatic heterocycles. The lowest BCUT2D eigenvalue weighted by Gasteiger charge is -2.21. The summed E-state index contributed by atoms with van der Waals surface area (Å²) in [5, 5.41) is 0. The van der Waals surface area contributed by atoms with Crippen LogP contribution < -0.4 is 0 Å². The maximum atomic E-state index is 12.4. The van der Waals surface area contributed by atoms with Gasteiger partial charge in [0.15, 0.2) is 0 Å². The predicted octanol–water partition coefficient (Wildman–Crippen LogP) is 1.57. The van der Waals surface area contributed by atoms with Crippen molar-refractivity contribution in [3.05, 3.63) is 34.9 Å². The van der Waals surface area contributed by atoms with Crippen molar-refractivity contribution in [3.8, 4) is 0 Å². The van der Waals surface area contributed by atoms with Crippen molar-refractivity contribution >= 4 is 11.9 Å². The van der Waals surface area contributed by atoms with Crippen LogP contribution in [0.4, 0.5) is 0 Å². The first-order chi connectivity index (χ1) is 9.49. The second kappa shape index (κ2) is 7.65. The average Bonchev–Trinajstić information content (AvgIpc) is 2.45. The molecule has 0 bridgehead atoms. The summed E-state index contributed by atoms with van der Waals surface area (Å²) in [6.07, 6.45) is 0. The van der Waals surface area contributed by atoms with Crippen molar-refractivity contribution < 1.29 is 19.1 Å². The van der Waals surface area contributed by atoms with Crippen molar-refractivity contribution in [1.82, 2.24) is 4.90 Å². The SMILES string of the molecule is COCCN(CC(=O)OC)C(=O)c1ccc(C)c(C)c1. The van der Waals surface area contributed by atoms with Crippen molar-refractivity contribution in [2.45, 2.75) is 13.8 Å². The molecule has 1 aromatic rings. The first-order valence-electron chi connectivity index (χ1n) is 6.42. The zero-order valence-corrected chi connectivity index (χ0v) is 12.4. The lowest BCUT2D eigenvalue weighted by molar-refractivity contribution is -0.141. The van der Waals surface area contributed by atoms with Gasteiger partial charge >= 0.3 is 5.97 Å². The number of nitrogens with zero attached hydrogens (tertiary/aromatic N) is 1. The number of amides is 1. The molecular weight excluding hydrogens is 258 g/mol. The number of carbonyl (C=O) groups is 2. The third kappa shape index (κ3) is 4.35. The molecule has 0 unspecified atom stereocenters. The summed E-state index contributed by atoms with van der Waals surface area (Å²) in [6, 6.07) is 5.49. The molecule has 0 aliphatic rings. The van der Waals surface area contributed by atoms with Crippen LogP contribution in [-0.2, 0) is 14.3 Å². The van der Waals surface area contributed by atoms with Crippen LogP contribution in [0.1, 0.15) is 21.5 Å². The lowest BCUT2D eigenvalue weighted by atomic mass is 10.1. The van der Waals surface area contributed by atoms with Gasteiger partial charge in [-0.25, -0.2) is 0 Å². The average molecular weight is 279 g/mol. The van der Waals surface area contributed by atoms with Crippen molar-refractivity contribution in [2.24, 2.45) is 0 Å². The van der Waals surface area contributed by atoms with Crippen molar-refractivity contribution in [2.75, 3.05) is 33.9 Å². The van der Waals surface area contributed by atoms with E-state index in [1.54, 1.807) is 13.2 Å². The molecule has 1 amide bonds. The van der Waals surface area contributed by atoms with E-state index < -0.39 is 5.97 Å². The molecular formula is C15H21NO4. The van der Waals surface area contributed by atoms with E-state index >= 15 is 0 Å². The normalized spacial score (nSPS) is 10.2. The molecule has 0 N–H and O–H groups in total. The molecule has 1 rings (SSSR count). The number of benzene rings is 1. The Bertz CT molecular complexity index is 485. The van der Waals surface area contributed by atoms with E-state index in [4.69, 9.17) is 4.74 Å². The third-order valence-corrected chi connectivity index (χ3v) is 3.15. The van der Waals surface area contributed by atoms with Crippen LogP contribution in [0.5, 0.6) is 0 Å². The number of aryl methyl sites for hydroxylation is 2. The Balaban J connectivity index is 2.90. The van der Waals surface area contributed by atoms with E-state index in [0.717, 1.165) is 11.1 Å². The highest BCUT2D eigenvalue weighted by Gasteiger charge is 2.19. The van der Waals surface area contributed by atoms with E-state index in [-0.39, 0.29) is 12.5 Å². The number of hydrogen-bond acceptors (Lipinski definition) is 4. The summed E-state index contributed by atoms with van der Waals surface area (Å²) in [6.45, 7) is 4.57. The second-order valence-electron chi connectivity index (χ2n) is 4.59. The number of methoxy groups -OCH3 is 2. The van der Waals surface area contributed by atoms with E-state index in [1.165, 1.54) is 12.0 Å². The number of ether oxygens (including phenoxy) is 2. The van der Waals surface area contributed by atoms with Gasteiger partial charge in [-0.3, -0.25) is 9.59 Å². The minimum atomic E-state index is -0.446. The number of esters is 1. The maximum absolute atomic E-state index is 12.4. The second-order valence-corrected chi connectivity index (χ2v) is 4.59. The zero-order valence-electron chi connectivity index (χ0n) is 12.4. The van der Waals surface area contributed by atoms with Gasteiger partial charge in [-0.1, -0.05) is 6.07 Å². The van der Waals surface area contributed by atoms with Gasteiger partial charge in [0, 0.05) is 19.2 Å². The highest BCUT2D eigenvalue weighted by atomic mass is 16.5. The molecule has 0 heterocycles. The fraction of sp³-hybridized carbons (Fsp3) is 0.467. The Hall–Kier alpha value is -1.88. The minimum absolute atomic E-state index is 0.0778. The van der Waals surface area contributed by atoms with Crippen LogP contribution in [0.25, 0.3) is 0 Å². The molecule has 110 valence electrons. The summed E-state index contributed by atoms with van der Waals surface area (Å²) in [5.41, 5.74) is 2.73. The molecule has 0 fully saturated rings. The van der Waals surface area contributed by atoms with Crippen LogP contribution in [-0.4, -0.2) is 50.7 Å². The molecule has 0 saturated heterocycles. The molecule has 5 heteroatoms. The van der Waals surface area contributed by atoms with Crippen LogP contribution in [0.2, 0.25) is 0 Å².